The normalized spacial score (nSPS) is 11.2. The highest BCUT2D eigenvalue weighted by atomic mass is 19.4. The van der Waals surface area contributed by atoms with E-state index in [4.69, 9.17) is 5.11 Å². The van der Waals surface area contributed by atoms with Gasteiger partial charge in [0.05, 0.1) is 17.3 Å². The predicted octanol–water partition coefficient (Wildman–Crippen LogP) is 2.49. The van der Waals surface area contributed by atoms with Crippen molar-refractivity contribution in [1.29, 1.82) is 0 Å². The maximum absolute atomic E-state index is 12.6. The van der Waals surface area contributed by atoms with Crippen molar-refractivity contribution >= 4 is 29.7 Å². The van der Waals surface area contributed by atoms with Gasteiger partial charge >= 0.3 is 24.0 Å². The van der Waals surface area contributed by atoms with Gasteiger partial charge in [0.25, 0.3) is 0 Å². The van der Waals surface area contributed by atoms with Crippen LogP contribution in [0.2, 0.25) is 0 Å². The second-order valence-corrected chi connectivity index (χ2v) is 5.12. The quantitative estimate of drug-likeness (QED) is 0.431. The summed E-state index contributed by atoms with van der Waals surface area (Å²) in [7, 11) is 0. The van der Waals surface area contributed by atoms with Crippen molar-refractivity contribution in [3.8, 4) is 0 Å². The maximum atomic E-state index is 12.6. The Morgan fingerprint density at radius 2 is 1.70 bits per heavy atom. The molecule has 0 aromatic heterocycles. The fraction of sp³-hybridized carbons (Fsp3) is 0.0588. The molecule has 2 aromatic carbocycles. The minimum Gasteiger partial charge on any atom is -0.478 e. The number of amides is 2. The van der Waals surface area contributed by atoms with Crippen LogP contribution in [0.1, 0.15) is 21.5 Å². The molecule has 7 nitrogen and oxygen atoms in total. The van der Waals surface area contributed by atoms with E-state index in [2.05, 4.69) is 5.10 Å². The predicted molar refractivity (Wildman–Crippen MR) is 89.2 cm³/mol. The van der Waals surface area contributed by atoms with Gasteiger partial charge in [-0.25, -0.2) is 10.2 Å². The van der Waals surface area contributed by atoms with E-state index in [-0.39, 0.29) is 16.8 Å². The lowest BCUT2D eigenvalue weighted by Gasteiger charge is -2.09. The van der Waals surface area contributed by atoms with Gasteiger partial charge in [0.15, 0.2) is 0 Å². The molecule has 0 bridgehead atoms. The number of anilines is 1. The van der Waals surface area contributed by atoms with Gasteiger partial charge < -0.3 is 10.4 Å². The number of nitrogens with zero attached hydrogens (tertiary/aromatic N) is 1. The average Bonchev–Trinajstić information content (AvgIpc) is 2.61. The summed E-state index contributed by atoms with van der Waals surface area (Å²) in [5, 5.41) is 14.5. The number of hydrazone groups is 1. The number of benzene rings is 2. The average molecular weight is 379 g/mol. The van der Waals surface area contributed by atoms with Crippen molar-refractivity contribution in [2.45, 2.75) is 6.18 Å². The SMILES string of the molecule is O=C(NN=Cc1ccccc1C(=O)O)C(=O)Nc1cccc(C(F)(F)F)c1. The molecule has 27 heavy (non-hydrogen) atoms. The van der Waals surface area contributed by atoms with Crippen LogP contribution in [-0.4, -0.2) is 29.1 Å². The second-order valence-electron chi connectivity index (χ2n) is 5.12. The van der Waals surface area contributed by atoms with Crippen LogP contribution in [0.25, 0.3) is 0 Å². The number of hydrogen-bond acceptors (Lipinski definition) is 4. The first-order valence-corrected chi connectivity index (χ1v) is 7.32. The summed E-state index contributed by atoms with van der Waals surface area (Å²) in [6.45, 7) is 0. The Kier molecular flexibility index (Phi) is 5.91. The number of hydrogen-bond donors (Lipinski definition) is 3. The number of halogens is 3. The number of nitrogens with one attached hydrogen (secondary N) is 2. The van der Waals surface area contributed by atoms with Gasteiger partial charge in [-0.3, -0.25) is 9.59 Å². The third-order valence-corrected chi connectivity index (χ3v) is 3.21. The molecule has 0 aliphatic rings. The molecule has 0 saturated heterocycles. The summed E-state index contributed by atoms with van der Waals surface area (Å²) in [5.41, 5.74) is 0.784. The molecule has 0 fully saturated rings. The van der Waals surface area contributed by atoms with Gasteiger partial charge in [0.1, 0.15) is 0 Å². The highest BCUT2D eigenvalue weighted by Crippen LogP contribution is 2.30. The van der Waals surface area contributed by atoms with Crippen LogP contribution in [0.4, 0.5) is 18.9 Å². The molecule has 0 saturated carbocycles. The number of carboxylic acids is 1. The molecule has 2 amide bonds. The summed E-state index contributed by atoms with van der Waals surface area (Å²) in [4.78, 5) is 34.4. The molecule has 0 aliphatic heterocycles. The molecule has 2 rings (SSSR count). The van der Waals surface area contributed by atoms with Crippen LogP contribution in [0.5, 0.6) is 0 Å². The highest BCUT2D eigenvalue weighted by Gasteiger charge is 2.30. The van der Waals surface area contributed by atoms with Crippen LogP contribution in [0.3, 0.4) is 0 Å². The van der Waals surface area contributed by atoms with Crippen molar-refractivity contribution in [3.05, 3.63) is 65.2 Å². The standard InChI is InChI=1S/C17H12F3N3O4/c18-17(19,20)11-5-3-6-12(8-11)22-14(24)15(25)23-21-9-10-4-1-2-7-13(10)16(26)27/h1-9H,(H,22,24)(H,23,25)(H,26,27). The van der Waals surface area contributed by atoms with Crippen LogP contribution in [-0.2, 0) is 15.8 Å². The molecule has 0 radical (unpaired) electrons. The third kappa shape index (κ3) is 5.39. The van der Waals surface area contributed by atoms with E-state index in [9.17, 15) is 27.6 Å². The first kappa shape index (κ1) is 19.6. The molecular formula is C17H12F3N3O4. The van der Waals surface area contributed by atoms with Gasteiger partial charge in [0.2, 0.25) is 0 Å². The summed E-state index contributed by atoms with van der Waals surface area (Å²) in [6.07, 6.45) is -3.57. The Morgan fingerprint density at radius 1 is 1.00 bits per heavy atom. The first-order valence-electron chi connectivity index (χ1n) is 7.32. The molecule has 10 heteroatoms. The highest BCUT2D eigenvalue weighted by molar-refractivity contribution is 6.39. The number of carbonyl (C=O) groups is 3. The monoisotopic (exact) mass is 379 g/mol. The fourth-order valence-corrected chi connectivity index (χ4v) is 1.98. The zero-order valence-corrected chi connectivity index (χ0v) is 13.4. The van der Waals surface area contributed by atoms with Crippen LogP contribution >= 0.6 is 0 Å². The Bertz CT molecular complexity index is 910. The molecule has 0 aliphatic carbocycles. The van der Waals surface area contributed by atoms with Crippen molar-refractivity contribution in [2.75, 3.05) is 5.32 Å². The Morgan fingerprint density at radius 3 is 2.37 bits per heavy atom. The van der Waals surface area contributed by atoms with Crippen molar-refractivity contribution in [2.24, 2.45) is 5.10 Å². The lowest BCUT2D eigenvalue weighted by Crippen LogP contribution is -2.32. The van der Waals surface area contributed by atoms with Crippen LogP contribution < -0.4 is 10.7 Å². The molecule has 2 aromatic rings. The van der Waals surface area contributed by atoms with E-state index in [1.807, 2.05) is 10.7 Å². The molecule has 0 heterocycles. The van der Waals surface area contributed by atoms with Gasteiger partial charge in [-0.1, -0.05) is 24.3 Å². The molecule has 140 valence electrons. The number of alkyl halides is 3. The minimum absolute atomic E-state index is 0.0658. The van der Waals surface area contributed by atoms with Gasteiger partial charge in [0, 0.05) is 11.3 Å². The van der Waals surface area contributed by atoms with E-state index in [0.717, 1.165) is 18.3 Å². The molecule has 0 spiro atoms. The summed E-state index contributed by atoms with van der Waals surface area (Å²) >= 11 is 0. The van der Waals surface area contributed by atoms with Crippen molar-refractivity contribution in [3.63, 3.8) is 0 Å². The fourth-order valence-electron chi connectivity index (χ4n) is 1.98. The lowest BCUT2D eigenvalue weighted by molar-refractivity contribution is -0.137. The second kappa shape index (κ2) is 8.13. The zero-order valence-electron chi connectivity index (χ0n) is 13.4. The number of rotatable bonds is 4. The summed E-state index contributed by atoms with van der Waals surface area (Å²) < 4.78 is 37.9. The Labute approximate surface area is 150 Å². The van der Waals surface area contributed by atoms with Gasteiger partial charge in [-0.15, -0.1) is 0 Å². The topological polar surface area (TPSA) is 108 Å². The third-order valence-electron chi connectivity index (χ3n) is 3.21. The van der Waals surface area contributed by atoms with Crippen LogP contribution in [0, 0.1) is 0 Å². The maximum Gasteiger partial charge on any atom is 0.416 e. The van der Waals surface area contributed by atoms with E-state index in [1.165, 1.54) is 24.3 Å². The number of carboxylic acid groups (broad SMARTS) is 1. The van der Waals surface area contributed by atoms with Gasteiger partial charge in [-0.2, -0.15) is 18.3 Å². The number of carbonyl (C=O) groups excluding carboxylic acids is 2. The van der Waals surface area contributed by atoms with Gasteiger partial charge in [-0.05, 0) is 24.3 Å². The zero-order chi connectivity index (χ0) is 20.0. The van der Waals surface area contributed by atoms with E-state index < -0.39 is 29.5 Å². The van der Waals surface area contributed by atoms with Crippen molar-refractivity contribution < 1.29 is 32.7 Å². The first-order chi connectivity index (χ1) is 12.7. The largest absolute Gasteiger partial charge is 0.478 e. The Hall–Kier alpha value is -3.69. The molecule has 0 atom stereocenters. The van der Waals surface area contributed by atoms with E-state index in [1.54, 1.807) is 6.07 Å². The summed E-state index contributed by atoms with van der Waals surface area (Å²) in [6, 6.07) is 9.58. The smallest absolute Gasteiger partial charge is 0.416 e. The van der Waals surface area contributed by atoms with Crippen LogP contribution in [0.15, 0.2) is 53.6 Å². The molecule has 0 unspecified atom stereocenters. The molecular weight excluding hydrogens is 367 g/mol. The number of aromatic carboxylic acids is 1. The minimum atomic E-state index is -4.59. The van der Waals surface area contributed by atoms with E-state index >= 15 is 0 Å². The molecule has 3 N–H and O–H groups in total. The Balaban J connectivity index is 2.01. The summed E-state index contributed by atoms with van der Waals surface area (Å²) in [5.74, 6) is -3.68. The van der Waals surface area contributed by atoms with Crippen molar-refractivity contribution in [1.82, 2.24) is 5.43 Å². The lowest BCUT2D eigenvalue weighted by atomic mass is 10.1. The van der Waals surface area contributed by atoms with E-state index in [0.29, 0.717) is 6.07 Å².